The van der Waals surface area contributed by atoms with Crippen LogP contribution in [0, 0.1) is 0 Å². The molecule has 4 rings (SSSR count). The number of hydrogen-bond acceptors (Lipinski definition) is 4. The van der Waals surface area contributed by atoms with Gasteiger partial charge in [0.25, 0.3) is 0 Å². The van der Waals surface area contributed by atoms with Crippen LogP contribution in [0.4, 0.5) is 5.82 Å². The van der Waals surface area contributed by atoms with Gasteiger partial charge in [0.05, 0.1) is 6.04 Å². The summed E-state index contributed by atoms with van der Waals surface area (Å²) in [7, 11) is 0. The molecule has 0 bridgehead atoms. The highest BCUT2D eigenvalue weighted by molar-refractivity contribution is 5.43. The lowest BCUT2D eigenvalue weighted by Crippen LogP contribution is -2.48. The summed E-state index contributed by atoms with van der Waals surface area (Å²) in [4.78, 5) is 11.1. The molecule has 5 nitrogen and oxygen atoms in total. The smallest absolute Gasteiger partial charge is 0.132 e. The van der Waals surface area contributed by atoms with E-state index in [0.29, 0.717) is 12.0 Å². The van der Waals surface area contributed by atoms with Crippen molar-refractivity contribution in [2.24, 2.45) is 0 Å². The number of aromatic nitrogens is 4. The van der Waals surface area contributed by atoms with Crippen molar-refractivity contribution in [3.05, 3.63) is 36.5 Å². The van der Waals surface area contributed by atoms with E-state index >= 15 is 0 Å². The zero-order chi connectivity index (χ0) is 12.7. The van der Waals surface area contributed by atoms with E-state index in [2.05, 4.69) is 26.0 Å². The van der Waals surface area contributed by atoms with Gasteiger partial charge in [-0.05, 0) is 18.9 Å². The lowest BCUT2D eigenvalue weighted by Gasteiger charge is -2.40. The van der Waals surface area contributed by atoms with E-state index < -0.39 is 0 Å². The maximum absolute atomic E-state index is 4.42. The van der Waals surface area contributed by atoms with Gasteiger partial charge in [0.1, 0.15) is 12.1 Å². The molecule has 5 heteroatoms. The largest absolute Gasteiger partial charge is 0.352 e. The fraction of sp³-hybridized carbons (Fsp3) is 0.500. The van der Waals surface area contributed by atoms with Crippen LogP contribution < -0.4 is 4.90 Å². The molecule has 98 valence electrons. The average Bonchev–Trinajstić information content (AvgIpc) is 2.79. The fourth-order valence-electron chi connectivity index (χ4n) is 2.77. The van der Waals surface area contributed by atoms with Crippen LogP contribution in [0.15, 0.2) is 30.9 Å². The van der Waals surface area contributed by atoms with Gasteiger partial charge in [0, 0.05) is 43.2 Å². The topological polar surface area (TPSA) is 46.8 Å². The van der Waals surface area contributed by atoms with Gasteiger partial charge in [0.2, 0.25) is 0 Å². The Morgan fingerprint density at radius 3 is 2.74 bits per heavy atom. The number of anilines is 1. The maximum atomic E-state index is 4.42. The highest BCUT2D eigenvalue weighted by Gasteiger charge is 2.30. The van der Waals surface area contributed by atoms with Crippen molar-refractivity contribution in [3.8, 4) is 0 Å². The Hall–Kier alpha value is -1.91. The lowest BCUT2D eigenvalue weighted by atomic mass is 9.83. The lowest BCUT2D eigenvalue weighted by molar-refractivity contribution is 0.365. The third kappa shape index (κ3) is 1.89. The minimum atomic E-state index is 0.483. The third-order valence-electron chi connectivity index (χ3n) is 4.28. The van der Waals surface area contributed by atoms with Crippen LogP contribution in [0.5, 0.6) is 0 Å². The molecule has 1 aliphatic carbocycles. The van der Waals surface area contributed by atoms with E-state index in [0.717, 1.165) is 18.9 Å². The van der Waals surface area contributed by atoms with Crippen LogP contribution in [0.25, 0.3) is 0 Å². The molecule has 1 aliphatic heterocycles. The molecule has 0 radical (unpaired) electrons. The molecule has 0 unspecified atom stereocenters. The molecule has 19 heavy (non-hydrogen) atoms. The molecule has 2 aromatic rings. The Bertz CT molecular complexity index is 555. The third-order valence-corrected chi connectivity index (χ3v) is 4.28. The Balaban J connectivity index is 1.46. The highest BCUT2D eigenvalue weighted by atomic mass is 15.4. The summed E-state index contributed by atoms with van der Waals surface area (Å²) in [5.74, 6) is 1.74. The van der Waals surface area contributed by atoms with Crippen LogP contribution in [-0.4, -0.2) is 32.8 Å². The number of hydrogen-bond donors (Lipinski definition) is 0. The van der Waals surface area contributed by atoms with E-state index in [1.54, 1.807) is 6.33 Å². The normalized spacial score (nSPS) is 20.1. The van der Waals surface area contributed by atoms with E-state index in [-0.39, 0.29) is 0 Å². The first-order valence-corrected chi connectivity index (χ1v) is 6.96. The van der Waals surface area contributed by atoms with E-state index in [4.69, 9.17) is 0 Å². The Morgan fingerprint density at radius 2 is 2.05 bits per heavy atom. The molecular formula is C14H17N5. The van der Waals surface area contributed by atoms with E-state index in [1.165, 1.54) is 25.0 Å². The summed E-state index contributed by atoms with van der Waals surface area (Å²) in [5.41, 5.74) is 1.22. The van der Waals surface area contributed by atoms with Crippen molar-refractivity contribution in [3.63, 3.8) is 0 Å². The molecule has 0 atom stereocenters. The molecule has 0 N–H and O–H groups in total. The Morgan fingerprint density at radius 1 is 1.16 bits per heavy atom. The van der Waals surface area contributed by atoms with Crippen LogP contribution in [0.3, 0.4) is 0 Å². The van der Waals surface area contributed by atoms with E-state index in [1.807, 2.05) is 23.1 Å². The van der Waals surface area contributed by atoms with Gasteiger partial charge in [-0.1, -0.05) is 6.42 Å². The van der Waals surface area contributed by atoms with Gasteiger partial charge >= 0.3 is 0 Å². The Kier molecular flexibility index (Phi) is 2.50. The quantitative estimate of drug-likeness (QED) is 0.841. The molecule has 0 amide bonds. The zero-order valence-electron chi connectivity index (χ0n) is 10.8. The summed E-state index contributed by atoms with van der Waals surface area (Å²) >= 11 is 0. The van der Waals surface area contributed by atoms with Gasteiger partial charge < -0.3 is 4.90 Å². The van der Waals surface area contributed by atoms with Crippen molar-refractivity contribution in [2.75, 3.05) is 18.0 Å². The van der Waals surface area contributed by atoms with Crippen LogP contribution in [-0.2, 0) is 0 Å². The van der Waals surface area contributed by atoms with Crippen LogP contribution >= 0.6 is 0 Å². The van der Waals surface area contributed by atoms with Gasteiger partial charge in [-0.25, -0.2) is 9.97 Å². The minimum absolute atomic E-state index is 0.483. The maximum Gasteiger partial charge on any atom is 0.132 e. The molecule has 2 fully saturated rings. The summed E-state index contributed by atoms with van der Waals surface area (Å²) in [6.07, 6.45) is 9.49. The molecule has 0 aromatic carbocycles. The molecule has 2 aromatic heterocycles. The molecule has 0 spiro atoms. The summed E-state index contributed by atoms with van der Waals surface area (Å²) in [6.45, 7) is 1.98. The predicted molar refractivity (Wildman–Crippen MR) is 72.1 cm³/mol. The van der Waals surface area contributed by atoms with Crippen molar-refractivity contribution >= 4 is 5.82 Å². The zero-order valence-corrected chi connectivity index (χ0v) is 10.8. The predicted octanol–water partition coefficient (Wildman–Crippen LogP) is 2.00. The number of rotatable bonds is 3. The molecule has 2 aliphatic rings. The van der Waals surface area contributed by atoms with Crippen molar-refractivity contribution < 1.29 is 0 Å². The molecule has 1 saturated carbocycles. The standard InChI is InChI=1S/C14H17N5/c1-3-11(4-1)13-7-14(16-10-15-13)18-8-12(9-18)19-6-2-5-17-19/h2,5-7,10-12H,1,3-4,8-9H2. The average molecular weight is 255 g/mol. The van der Waals surface area contributed by atoms with Gasteiger partial charge in [-0.3, -0.25) is 4.68 Å². The second kappa shape index (κ2) is 4.33. The minimum Gasteiger partial charge on any atom is -0.352 e. The first-order chi connectivity index (χ1) is 9.40. The van der Waals surface area contributed by atoms with Gasteiger partial charge in [-0.15, -0.1) is 0 Å². The highest BCUT2D eigenvalue weighted by Crippen LogP contribution is 2.36. The second-order valence-corrected chi connectivity index (χ2v) is 5.47. The fourth-order valence-corrected chi connectivity index (χ4v) is 2.77. The van der Waals surface area contributed by atoms with Crippen LogP contribution in [0.2, 0.25) is 0 Å². The Labute approximate surface area is 112 Å². The summed E-state index contributed by atoms with van der Waals surface area (Å²) in [6, 6.07) is 4.63. The number of nitrogens with zero attached hydrogens (tertiary/aromatic N) is 5. The second-order valence-electron chi connectivity index (χ2n) is 5.47. The summed E-state index contributed by atoms with van der Waals surface area (Å²) < 4.78 is 2.03. The van der Waals surface area contributed by atoms with Crippen molar-refractivity contribution in [1.82, 2.24) is 19.7 Å². The van der Waals surface area contributed by atoms with E-state index in [9.17, 15) is 0 Å². The molecular weight excluding hydrogens is 238 g/mol. The van der Waals surface area contributed by atoms with Crippen LogP contribution in [0.1, 0.15) is 36.9 Å². The molecule has 3 heterocycles. The van der Waals surface area contributed by atoms with Crippen molar-refractivity contribution in [2.45, 2.75) is 31.2 Å². The molecule has 1 saturated heterocycles. The van der Waals surface area contributed by atoms with Gasteiger partial charge in [-0.2, -0.15) is 5.10 Å². The SMILES string of the molecule is c1cnn(C2CN(c3cc(C4CCC4)ncn3)C2)c1. The first-order valence-electron chi connectivity index (χ1n) is 6.96. The first kappa shape index (κ1) is 11.0. The van der Waals surface area contributed by atoms with Gasteiger partial charge in [0.15, 0.2) is 0 Å². The monoisotopic (exact) mass is 255 g/mol. The van der Waals surface area contributed by atoms with Crippen molar-refractivity contribution in [1.29, 1.82) is 0 Å². The summed E-state index contributed by atoms with van der Waals surface area (Å²) in [5, 5.41) is 4.29.